The van der Waals surface area contributed by atoms with Gasteiger partial charge in [0.15, 0.2) is 0 Å². The maximum absolute atomic E-state index is 11.8. The number of carbonyl (C=O) groups is 1. The van der Waals surface area contributed by atoms with E-state index < -0.39 is 0 Å². The van der Waals surface area contributed by atoms with Gasteiger partial charge < -0.3 is 4.74 Å². The number of ether oxygens (including phenoxy) is 1. The lowest BCUT2D eigenvalue weighted by molar-refractivity contribution is -0.150. The van der Waals surface area contributed by atoms with Gasteiger partial charge in [-0.05, 0) is 38.5 Å². The fourth-order valence-electron chi connectivity index (χ4n) is 2.78. The monoisotopic (exact) mass is 241 g/mol. The number of hydrogen-bond acceptors (Lipinski definition) is 3. The molecule has 1 fully saturated rings. The van der Waals surface area contributed by atoms with Gasteiger partial charge in [0.2, 0.25) is 0 Å². The predicted molar refractivity (Wildman–Crippen MR) is 69.8 cm³/mol. The van der Waals surface area contributed by atoms with Gasteiger partial charge in [0.05, 0.1) is 7.11 Å². The molecule has 1 rings (SSSR count). The molecule has 100 valence electrons. The van der Waals surface area contributed by atoms with E-state index in [2.05, 4.69) is 32.6 Å². The van der Waals surface area contributed by atoms with Crippen LogP contribution in [0, 0.1) is 11.8 Å². The van der Waals surface area contributed by atoms with Crippen molar-refractivity contribution < 1.29 is 9.53 Å². The number of rotatable bonds is 4. The summed E-state index contributed by atoms with van der Waals surface area (Å²) in [6, 6.07) is 0.381. The van der Waals surface area contributed by atoms with Crippen LogP contribution in [0.2, 0.25) is 0 Å². The highest BCUT2D eigenvalue weighted by molar-refractivity contribution is 5.75. The van der Waals surface area contributed by atoms with Gasteiger partial charge in [-0.1, -0.05) is 20.3 Å². The van der Waals surface area contributed by atoms with Gasteiger partial charge >= 0.3 is 5.97 Å². The Morgan fingerprint density at radius 3 is 2.47 bits per heavy atom. The highest BCUT2D eigenvalue weighted by atomic mass is 16.5. The summed E-state index contributed by atoms with van der Waals surface area (Å²) in [4.78, 5) is 14.1. The van der Waals surface area contributed by atoms with Crippen molar-refractivity contribution in [1.82, 2.24) is 4.90 Å². The van der Waals surface area contributed by atoms with Crippen LogP contribution in [0.1, 0.15) is 47.0 Å². The minimum absolute atomic E-state index is 0.0275. The molecule has 0 aliphatic carbocycles. The van der Waals surface area contributed by atoms with Crippen molar-refractivity contribution in [2.24, 2.45) is 11.8 Å². The maximum Gasteiger partial charge on any atom is 0.323 e. The molecular formula is C14H27NO2. The molecule has 1 heterocycles. The number of likely N-dealkylation sites (tertiary alicyclic amines) is 1. The van der Waals surface area contributed by atoms with Gasteiger partial charge in [-0.15, -0.1) is 0 Å². The van der Waals surface area contributed by atoms with E-state index in [1.807, 2.05) is 0 Å². The van der Waals surface area contributed by atoms with Crippen LogP contribution in [0.3, 0.4) is 0 Å². The summed E-state index contributed by atoms with van der Waals surface area (Å²) in [5.41, 5.74) is 0. The molecule has 17 heavy (non-hydrogen) atoms. The highest BCUT2D eigenvalue weighted by Gasteiger charge is 2.36. The van der Waals surface area contributed by atoms with Crippen LogP contribution in [0.15, 0.2) is 0 Å². The molecule has 3 heteroatoms. The zero-order valence-corrected chi connectivity index (χ0v) is 11.9. The van der Waals surface area contributed by atoms with Gasteiger partial charge in [0, 0.05) is 12.6 Å². The molecule has 0 spiro atoms. The van der Waals surface area contributed by atoms with Gasteiger partial charge in [-0.2, -0.15) is 0 Å². The van der Waals surface area contributed by atoms with Crippen molar-refractivity contribution in [3.05, 3.63) is 0 Å². The topological polar surface area (TPSA) is 29.5 Å². The Bertz CT molecular complexity index is 253. The van der Waals surface area contributed by atoms with Crippen LogP contribution in [0.4, 0.5) is 0 Å². The molecule has 1 aliphatic heterocycles. The first kappa shape index (κ1) is 14.5. The third-order valence-electron chi connectivity index (χ3n) is 4.24. The second-order valence-electron chi connectivity index (χ2n) is 5.55. The van der Waals surface area contributed by atoms with Crippen molar-refractivity contribution in [3.8, 4) is 0 Å². The highest BCUT2D eigenvalue weighted by Crippen LogP contribution is 2.30. The summed E-state index contributed by atoms with van der Waals surface area (Å²) < 4.78 is 4.91. The number of esters is 1. The van der Waals surface area contributed by atoms with Gasteiger partial charge in [0.25, 0.3) is 0 Å². The fraction of sp³-hybridized carbons (Fsp3) is 0.929. The summed E-state index contributed by atoms with van der Waals surface area (Å²) in [7, 11) is 1.49. The second kappa shape index (κ2) is 6.39. The van der Waals surface area contributed by atoms with E-state index in [1.54, 1.807) is 0 Å². The molecule has 0 aromatic heterocycles. The average molecular weight is 241 g/mol. The third kappa shape index (κ3) is 3.44. The summed E-state index contributed by atoms with van der Waals surface area (Å²) >= 11 is 0. The molecule has 0 amide bonds. The van der Waals surface area contributed by atoms with Crippen LogP contribution in [-0.4, -0.2) is 36.6 Å². The van der Waals surface area contributed by atoms with E-state index in [9.17, 15) is 4.79 Å². The van der Waals surface area contributed by atoms with Crippen LogP contribution < -0.4 is 0 Å². The molecule has 0 saturated carbocycles. The summed E-state index contributed by atoms with van der Waals surface area (Å²) in [5, 5.41) is 0. The molecule has 0 bridgehead atoms. The molecule has 0 N–H and O–H groups in total. The average Bonchev–Trinajstić information content (AvgIpc) is 2.35. The predicted octanol–water partition coefficient (Wildman–Crippen LogP) is 2.69. The second-order valence-corrected chi connectivity index (χ2v) is 5.55. The Hall–Kier alpha value is -0.570. The van der Waals surface area contributed by atoms with Crippen LogP contribution in [-0.2, 0) is 9.53 Å². The van der Waals surface area contributed by atoms with Crippen LogP contribution in [0.25, 0.3) is 0 Å². The number of nitrogens with zero attached hydrogens (tertiary/aromatic N) is 1. The molecule has 0 aromatic carbocycles. The third-order valence-corrected chi connectivity index (χ3v) is 4.24. The van der Waals surface area contributed by atoms with Crippen molar-refractivity contribution in [2.45, 2.75) is 59.0 Å². The first-order chi connectivity index (χ1) is 8.01. The Balaban J connectivity index is 2.71. The zero-order valence-electron chi connectivity index (χ0n) is 11.9. The molecule has 1 saturated heterocycles. The molecule has 3 nitrogen and oxygen atoms in total. The number of carbonyl (C=O) groups excluding carboxylic acids is 1. The number of methoxy groups -OCH3 is 1. The van der Waals surface area contributed by atoms with Gasteiger partial charge in [-0.25, -0.2) is 0 Å². The summed E-state index contributed by atoms with van der Waals surface area (Å²) in [5.74, 6) is 1.40. The van der Waals surface area contributed by atoms with E-state index >= 15 is 0 Å². The summed E-state index contributed by atoms with van der Waals surface area (Å²) in [6.45, 7) is 9.93. The zero-order chi connectivity index (χ0) is 13.0. The molecule has 0 aromatic rings. The molecular weight excluding hydrogens is 214 g/mol. The maximum atomic E-state index is 11.8. The standard InChI is InChI=1S/C14H27NO2/c1-6-11(4)12-7-8-13(14(16)17-5)15(9-12)10(2)3/h10-13H,6-9H2,1-5H3. The molecule has 3 atom stereocenters. The number of piperidine rings is 1. The molecule has 1 aliphatic rings. The van der Waals surface area contributed by atoms with Gasteiger partial charge in [0.1, 0.15) is 6.04 Å². The number of hydrogen-bond donors (Lipinski definition) is 0. The minimum atomic E-state index is -0.0682. The van der Waals surface area contributed by atoms with E-state index in [0.29, 0.717) is 6.04 Å². The van der Waals surface area contributed by atoms with Crippen molar-refractivity contribution in [3.63, 3.8) is 0 Å². The normalized spacial score (nSPS) is 28.1. The van der Waals surface area contributed by atoms with Crippen LogP contribution >= 0.6 is 0 Å². The lowest BCUT2D eigenvalue weighted by atomic mass is 9.82. The SMILES string of the molecule is CCC(C)C1CCC(C(=O)OC)N(C(C)C)C1. The summed E-state index contributed by atoms with van der Waals surface area (Å²) in [6.07, 6.45) is 3.32. The lowest BCUT2D eigenvalue weighted by Gasteiger charge is -2.42. The largest absolute Gasteiger partial charge is 0.468 e. The van der Waals surface area contributed by atoms with E-state index in [4.69, 9.17) is 4.74 Å². The van der Waals surface area contributed by atoms with E-state index in [0.717, 1.165) is 31.2 Å². The molecule has 3 unspecified atom stereocenters. The van der Waals surface area contributed by atoms with Crippen LogP contribution in [0.5, 0.6) is 0 Å². The van der Waals surface area contributed by atoms with Crippen molar-refractivity contribution >= 4 is 5.97 Å². The van der Waals surface area contributed by atoms with Crippen molar-refractivity contribution in [2.75, 3.05) is 13.7 Å². The van der Waals surface area contributed by atoms with Gasteiger partial charge in [-0.3, -0.25) is 9.69 Å². The van der Waals surface area contributed by atoms with E-state index in [1.165, 1.54) is 13.5 Å². The fourth-order valence-corrected chi connectivity index (χ4v) is 2.78. The Labute approximate surface area is 106 Å². The minimum Gasteiger partial charge on any atom is -0.468 e. The van der Waals surface area contributed by atoms with E-state index in [-0.39, 0.29) is 12.0 Å². The lowest BCUT2D eigenvalue weighted by Crippen LogP contribution is -2.52. The Kier molecular flexibility index (Phi) is 5.44. The Morgan fingerprint density at radius 2 is 2.00 bits per heavy atom. The quantitative estimate of drug-likeness (QED) is 0.709. The Morgan fingerprint density at radius 1 is 1.35 bits per heavy atom. The smallest absolute Gasteiger partial charge is 0.323 e. The first-order valence-electron chi connectivity index (χ1n) is 6.84. The molecule has 0 radical (unpaired) electrons. The first-order valence-corrected chi connectivity index (χ1v) is 6.84. The van der Waals surface area contributed by atoms with Crippen molar-refractivity contribution in [1.29, 1.82) is 0 Å².